The van der Waals surface area contributed by atoms with E-state index in [1.807, 2.05) is 6.07 Å². The van der Waals surface area contributed by atoms with Crippen LogP contribution in [0.5, 0.6) is 5.75 Å². The standard InChI is InChI=1S/C22H24N6O2S/c1-29-17-5-4-16(28-8-10-30-11-9-28)19-18(17)26-22(31-19)21-25-15-3-2-14(24-20(15)27-21)13-6-7-23-12-13/h2-5,13,23H,6-12H2,1H3,(H,24,25,27). The SMILES string of the molecule is COc1ccc(N2CCOCC2)c2sc(-c3nc4nc(C5CCNC5)ccc4[nH]3)nc12. The maximum Gasteiger partial charge on any atom is 0.178 e. The van der Waals surface area contributed by atoms with Gasteiger partial charge in [-0.2, -0.15) is 0 Å². The second-order valence-corrected chi connectivity index (χ2v) is 8.96. The third-order valence-corrected chi connectivity index (χ3v) is 7.19. The molecule has 2 N–H and O–H groups in total. The number of ether oxygens (including phenoxy) is 2. The van der Waals surface area contributed by atoms with Crippen molar-refractivity contribution in [3.63, 3.8) is 0 Å². The van der Waals surface area contributed by atoms with E-state index in [1.54, 1.807) is 18.4 Å². The molecule has 6 rings (SSSR count). The third kappa shape index (κ3) is 3.33. The van der Waals surface area contributed by atoms with Gasteiger partial charge in [0.2, 0.25) is 0 Å². The molecule has 3 aromatic heterocycles. The molecule has 5 heterocycles. The minimum absolute atomic E-state index is 0.465. The normalized spacial score (nSPS) is 19.5. The summed E-state index contributed by atoms with van der Waals surface area (Å²) in [6.07, 6.45) is 1.12. The smallest absolute Gasteiger partial charge is 0.178 e. The fourth-order valence-corrected chi connectivity index (χ4v) is 5.50. The monoisotopic (exact) mass is 436 g/mol. The van der Waals surface area contributed by atoms with Gasteiger partial charge in [-0.15, -0.1) is 11.3 Å². The lowest BCUT2D eigenvalue weighted by Crippen LogP contribution is -2.36. The van der Waals surface area contributed by atoms with E-state index in [1.165, 1.54) is 5.69 Å². The van der Waals surface area contributed by atoms with E-state index in [9.17, 15) is 0 Å². The Bertz CT molecular complexity index is 1240. The number of hydrogen-bond donors (Lipinski definition) is 2. The van der Waals surface area contributed by atoms with Crippen LogP contribution in [-0.2, 0) is 4.74 Å². The highest BCUT2D eigenvalue weighted by atomic mass is 32.1. The Balaban J connectivity index is 1.42. The van der Waals surface area contributed by atoms with Crippen molar-refractivity contribution in [1.29, 1.82) is 0 Å². The second-order valence-electron chi connectivity index (χ2n) is 7.97. The van der Waals surface area contributed by atoms with Gasteiger partial charge in [0.05, 0.1) is 36.2 Å². The van der Waals surface area contributed by atoms with Gasteiger partial charge in [0, 0.05) is 31.2 Å². The molecule has 2 fully saturated rings. The highest BCUT2D eigenvalue weighted by molar-refractivity contribution is 7.22. The summed E-state index contributed by atoms with van der Waals surface area (Å²) in [5.74, 6) is 1.99. The van der Waals surface area contributed by atoms with Crippen LogP contribution in [0.3, 0.4) is 0 Å². The molecule has 1 unspecified atom stereocenters. The molecule has 2 saturated heterocycles. The molecule has 0 spiro atoms. The predicted octanol–water partition coefficient (Wildman–Crippen LogP) is 3.16. The number of nitrogens with one attached hydrogen (secondary N) is 2. The van der Waals surface area contributed by atoms with E-state index < -0.39 is 0 Å². The largest absolute Gasteiger partial charge is 0.494 e. The van der Waals surface area contributed by atoms with Gasteiger partial charge in [0.15, 0.2) is 16.5 Å². The Morgan fingerprint density at radius 3 is 2.84 bits per heavy atom. The van der Waals surface area contributed by atoms with Crippen molar-refractivity contribution >= 4 is 38.4 Å². The number of morpholine rings is 1. The lowest BCUT2D eigenvalue weighted by atomic mass is 10.0. The lowest BCUT2D eigenvalue weighted by Gasteiger charge is -2.29. The number of hydrogen-bond acceptors (Lipinski definition) is 8. The van der Waals surface area contributed by atoms with Crippen molar-refractivity contribution in [3.05, 3.63) is 30.0 Å². The molecular formula is C22H24N6O2S. The van der Waals surface area contributed by atoms with Crippen molar-refractivity contribution < 1.29 is 9.47 Å². The van der Waals surface area contributed by atoms with Crippen LogP contribution in [0.25, 0.3) is 32.2 Å². The molecule has 0 aliphatic carbocycles. The number of anilines is 1. The zero-order chi connectivity index (χ0) is 20.8. The molecule has 0 amide bonds. The Labute approximate surface area is 183 Å². The number of imidazole rings is 1. The van der Waals surface area contributed by atoms with Gasteiger partial charge in [0.1, 0.15) is 11.3 Å². The number of methoxy groups -OCH3 is 1. The van der Waals surface area contributed by atoms with Crippen LogP contribution in [0, 0.1) is 0 Å². The number of H-pyrrole nitrogens is 1. The first-order valence-corrected chi connectivity index (χ1v) is 11.5. The molecular weight excluding hydrogens is 412 g/mol. The van der Waals surface area contributed by atoms with E-state index in [4.69, 9.17) is 24.4 Å². The van der Waals surface area contributed by atoms with Gasteiger partial charge in [-0.05, 0) is 37.2 Å². The predicted molar refractivity (Wildman–Crippen MR) is 122 cm³/mol. The lowest BCUT2D eigenvalue weighted by molar-refractivity contribution is 0.123. The molecule has 9 heteroatoms. The molecule has 4 aromatic rings. The van der Waals surface area contributed by atoms with Crippen molar-refractivity contribution in [2.24, 2.45) is 0 Å². The second kappa shape index (κ2) is 7.74. The minimum atomic E-state index is 0.465. The van der Waals surface area contributed by atoms with Crippen LogP contribution in [0.2, 0.25) is 0 Å². The molecule has 0 bridgehead atoms. The molecule has 2 aliphatic heterocycles. The van der Waals surface area contributed by atoms with E-state index in [-0.39, 0.29) is 0 Å². The quantitative estimate of drug-likeness (QED) is 0.508. The van der Waals surface area contributed by atoms with Gasteiger partial charge < -0.3 is 24.7 Å². The molecule has 160 valence electrons. The van der Waals surface area contributed by atoms with Gasteiger partial charge in [-0.3, -0.25) is 0 Å². The summed E-state index contributed by atoms with van der Waals surface area (Å²) < 4.78 is 12.2. The van der Waals surface area contributed by atoms with Gasteiger partial charge in [-0.25, -0.2) is 15.0 Å². The molecule has 1 atom stereocenters. The highest BCUT2D eigenvalue weighted by Crippen LogP contribution is 2.40. The Hall–Kier alpha value is -2.75. The van der Waals surface area contributed by atoms with Crippen LogP contribution in [0.1, 0.15) is 18.0 Å². The topological polar surface area (TPSA) is 88.2 Å². The number of pyridine rings is 1. The number of benzene rings is 1. The molecule has 1 aromatic carbocycles. The summed E-state index contributed by atoms with van der Waals surface area (Å²) >= 11 is 1.64. The summed E-state index contributed by atoms with van der Waals surface area (Å²) in [6, 6.07) is 8.31. The Morgan fingerprint density at radius 1 is 1.13 bits per heavy atom. The van der Waals surface area contributed by atoms with Crippen LogP contribution in [0.15, 0.2) is 24.3 Å². The van der Waals surface area contributed by atoms with Gasteiger partial charge in [-0.1, -0.05) is 0 Å². The first kappa shape index (κ1) is 19.0. The van der Waals surface area contributed by atoms with E-state index in [2.05, 4.69) is 33.4 Å². The number of aromatic amines is 1. The molecule has 0 radical (unpaired) electrons. The van der Waals surface area contributed by atoms with E-state index >= 15 is 0 Å². The summed E-state index contributed by atoms with van der Waals surface area (Å²) in [5, 5.41) is 4.25. The molecule has 0 saturated carbocycles. The fourth-order valence-electron chi connectivity index (χ4n) is 4.43. The summed E-state index contributed by atoms with van der Waals surface area (Å²) in [5.41, 5.74) is 4.84. The van der Waals surface area contributed by atoms with Crippen molar-refractivity contribution in [1.82, 2.24) is 25.3 Å². The number of rotatable bonds is 4. The maximum absolute atomic E-state index is 5.60. The minimum Gasteiger partial charge on any atom is -0.494 e. The highest BCUT2D eigenvalue weighted by Gasteiger charge is 2.22. The fraction of sp³-hybridized carbons (Fsp3) is 0.409. The van der Waals surface area contributed by atoms with Gasteiger partial charge >= 0.3 is 0 Å². The van der Waals surface area contributed by atoms with Crippen molar-refractivity contribution in [2.45, 2.75) is 12.3 Å². The Morgan fingerprint density at radius 2 is 2.03 bits per heavy atom. The first-order valence-electron chi connectivity index (χ1n) is 10.7. The number of aromatic nitrogens is 4. The molecule has 31 heavy (non-hydrogen) atoms. The summed E-state index contributed by atoms with van der Waals surface area (Å²) in [6.45, 7) is 5.28. The molecule has 2 aliphatic rings. The number of thiazole rings is 1. The zero-order valence-electron chi connectivity index (χ0n) is 17.4. The maximum atomic E-state index is 5.60. The zero-order valence-corrected chi connectivity index (χ0v) is 18.2. The average molecular weight is 437 g/mol. The summed E-state index contributed by atoms with van der Waals surface area (Å²) in [7, 11) is 1.69. The number of nitrogens with zero attached hydrogens (tertiary/aromatic N) is 4. The van der Waals surface area contributed by atoms with Crippen LogP contribution < -0.4 is 15.0 Å². The molecule has 8 nitrogen and oxygen atoms in total. The van der Waals surface area contributed by atoms with Crippen LogP contribution in [0.4, 0.5) is 5.69 Å². The van der Waals surface area contributed by atoms with Crippen molar-refractivity contribution in [3.8, 4) is 16.6 Å². The van der Waals surface area contributed by atoms with Gasteiger partial charge in [0.25, 0.3) is 0 Å². The third-order valence-electron chi connectivity index (χ3n) is 6.11. The first-order chi connectivity index (χ1) is 15.3. The number of fused-ring (bicyclic) bond motifs is 2. The van der Waals surface area contributed by atoms with E-state index in [0.29, 0.717) is 5.92 Å². The van der Waals surface area contributed by atoms with Crippen LogP contribution >= 0.6 is 11.3 Å². The van der Waals surface area contributed by atoms with Crippen LogP contribution in [-0.4, -0.2) is 66.4 Å². The Kier molecular flexibility index (Phi) is 4.74. The van der Waals surface area contributed by atoms with E-state index in [0.717, 1.165) is 89.5 Å². The average Bonchev–Trinajstić information content (AvgIpc) is 3.57. The van der Waals surface area contributed by atoms with Crippen molar-refractivity contribution in [2.75, 3.05) is 51.4 Å². The summed E-state index contributed by atoms with van der Waals surface area (Å²) in [4.78, 5) is 20.3.